The molecule has 0 saturated carbocycles. The molecule has 0 spiro atoms. The van der Waals surface area contributed by atoms with Gasteiger partial charge < -0.3 is 15.0 Å². The first-order valence-corrected chi connectivity index (χ1v) is 10.1. The molecule has 2 unspecified atom stereocenters. The highest BCUT2D eigenvalue weighted by Crippen LogP contribution is 2.15. The minimum absolute atomic E-state index is 0.00750. The number of ether oxygens (including phenoxy) is 1. The van der Waals surface area contributed by atoms with Crippen LogP contribution in [0, 0.1) is 11.7 Å². The van der Waals surface area contributed by atoms with Crippen LogP contribution in [0.15, 0.2) is 54.6 Å². The number of nitrogens with zero attached hydrogens (tertiary/aromatic N) is 1. The first-order valence-electron chi connectivity index (χ1n) is 10.1. The number of anilines is 1. The van der Waals surface area contributed by atoms with Gasteiger partial charge in [-0.2, -0.15) is 0 Å². The monoisotopic (exact) mass is 415 g/mol. The van der Waals surface area contributed by atoms with E-state index in [0.717, 1.165) is 12.1 Å². The number of benzene rings is 2. The summed E-state index contributed by atoms with van der Waals surface area (Å²) < 4.78 is 18.3. The lowest BCUT2D eigenvalue weighted by Crippen LogP contribution is -2.54. The van der Waals surface area contributed by atoms with Crippen LogP contribution in [-0.2, 0) is 4.79 Å². The molecule has 2 aromatic carbocycles. The van der Waals surface area contributed by atoms with Crippen molar-refractivity contribution >= 4 is 17.7 Å². The minimum atomic E-state index is -0.808. The molecule has 2 amide bonds. The van der Waals surface area contributed by atoms with Crippen LogP contribution in [0.4, 0.5) is 14.9 Å². The maximum absolute atomic E-state index is 13.1. The largest absolute Gasteiger partial charge is 0.419 e. The summed E-state index contributed by atoms with van der Waals surface area (Å²) >= 11 is 0. The summed E-state index contributed by atoms with van der Waals surface area (Å²) in [4.78, 5) is 26.8. The van der Waals surface area contributed by atoms with Gasteiger partial charge in [-0.25, -0.2) is 9.18 Å². The van der Waals surface area contributed by atoms with Gasteiger partial charge in [0.1, 0.15) is 11.6 Å². The fourth-order valence-corrected chi connectivity index (χ4v) is 3.10. The smallest absolute Gasteiger partial charge is 0.410 e. The molecule has 3 atom stereocenters. The standard InChI is InChI=1S/C23H30FN3O3/c1-5-16(2)21(22(28)26-23(29)30-20-9-7-6-8-10-20)25-17(3)15-27(4)19-13-11-18(24)12-14-19/h6-14,16-17,21,25H,5,15H2,1-4H3,(H,26,28,29)/t16?,17?,21-/m0/s1. The first-order chi connectivity index (χ1) is 14.3. The summed E-state index contributed by atoms with van der Waals surface area (Å²) in [6, 6.07) is 14.2. The van der Waals surface area contributed by atoms with Gasteiger partial charge in [-0.3, -0.25) is 10.1 Å². The number of nitrogens with one attached hydrogen (secondary N) is 2. The van der Waals surface area contributed by atoms with Gasteiger partial charge in [0.05, 0.1) is 6.04 Å². The summed E-state index contributed by atoms with van der Waals surface area (Å²) in [5, 5.41) is 5.64. The van der Waals surface area contributed by atoms with Crippen molar-refractivity contribution in [1.29, 1.82) is 0 Å². The summed E-state index contributed by atoms with van der Waals surface area (Å²) in [6.07, 6.45) is -0.0447. The Morgan fingerprint density at radius 3 is 2.30 bits per heavy atom. The van der Waals surface area contributed by atoms with Crippen LogP contribution in [0.3, 0.4) is 0 Å². The van der Waals surface area contributed by atoms with Gasteiger partial charge >= 0.3 is 6.09 Å². The predicted molar refractivity (Wildman–Crippen MR) is 116 cm³/mol. The summed E-state index contributed by atoms with van der Waals surface area (Å²) in [6.45, 7) is 6.51. The van der Waals surface area contributed by atoms with Crippen molar-refractivity contribution in [2.75, 3.05) is 18.5 Å². The summed E-state index contributed by atoms with van der Waals surface area (Å²) in [5.41, 5.74) is 0.876. The van der Waals surface area contributed by atoms with Crippen LogP contribution in [0.25, 0.3) is 0 Å². The van der Waals surface area contributed by atoms with E-state index in [1.54, 1.807) is 36.4 Å². The number of carbonyl (C=O) groups is 2. The second kappa shape index (κ2) is 11.3. The molecule has 2 aromatic rings. The van der Waals surface area contributed by atoms with Gasteiger partial charge in [-0.15, -0.1) is 0 Å². The second-order valence-corrected chi connectivity index (χ2v) is 7.48. The summed E-state index contributed by atoms with van der Waals surface area (Å²) in [5.74, 6) is -0.339. The average molecular weight is 416 g/mol. The molecular weight excluding hydrogens is 385 g/mol. The van der Waals surface area contributed by atoms with Crippen molar-refractivity contribution in [2.24, 2.45) is 5.92 Å². The number of carbonyl (C=O) groups excluding carboxylic acids is 2. The Hall–Kier alpha value is -2.93. The zero-order valence-corrected chi connectivity index (χ0v) is 17.9. The Bertz CT molecular complexity index is 814. The lowest BCUT2D eigenvalue weighted by Gasteiger charge is -2.30. The van der Waals surface area contributed by atoms with E-state index >= 15 is 0 Å². The molecule has 0 aliphatic carbocycles. The van der Waals surface area contributed by atoms with Gasteiger partial charge in [0.25, 0.3) is 0 Å². The number of rotatable bonds is 9. The van der Waals surface area contributed by atoms with Crippen molar-refractivity contribution in [3.63, 3.8) is 0 Å². The molecular formula is C23H30FN3O3. The molecule has 6 nitrogen and oxygen atoms in total. The maximum Gasteiger partial charge on any atom is 0.419 e. The van der Waals surface area contributed by atoms with Crippen molar-refractivity contribution < 1.29 is 18.7 Å². The number of para-hydroxylation sites is 1. The van der Waals surface area contributed by atoms with Crippen LogP contribution >= 0.6 is 0 Å². The minimum Gasteiger partial charge on any atom is -0.410 e. The van der Waals surface area contributed by atoms with E-state index in [4.69, 9.17) is 4.74 Å². The maximum atomic E-state index is 13.1. The number of imide groups is 1. The zero-order chi connectivity index (χ0) is 22.1. The fourth-order valence-electron chi connectivity index (χ4n) is 3.10. The SMILES string of the molecule is CCC(C)[C@H](NC(C)CN(C)c1ccc(F)cc1)C(=O)NC(=O)Oc1ccccc1. The molecule has 0 aromatic heterocycles. The zero-order valence-electron chi connectivity index (χ0n) is 17.9. The van der Waals surface area contributed by atoms with Crippen molar-refractivity contribution in [1.82, 2.24) is 10.6 Å². The third-order valence-corrected chi connectivity index (χ3v) is 4.95. The van der Waals surface area contributed by atoms with E-state index in [2.05, 4.69) is 10.6 Å². The van der Waals surface area contributed by atoms with E-state index in [-0.39, 0.29) is 17.8 Å². The van der Waals surface area contributed by atoms with E-state index in [9.17, 15) is 14.0 Å². The van der Waals surface area contributed by atoms with Crippen LogP contribution in [-0.4, -0.2) is 37.7 Å². The molecule has 0 heterocycles. The molecule has 2 rings (SSSR count). The Balaban J connectivity index is 1.95. The van der Waals surface area contributed by atoms with Gasteiger partial charge in [0.15, 0.2) is 0 Å². The van der Waals surface area contributed by atoms with Gasteiger partial charge in [0.2, 0.25) is 5.91 Å². The number of amides is 2. The number of halogens is 1. The van der Waals surface area contributed by atoms with E-state index in [1.807, 2.05) is 38.8 Å². The molecule has 30 heavy (non-hydrogen) atoms. The van der Waals surface area contributed by atoms with Gasteiger partial charge in [-0.1, -0.05) is 38.5 Å². The Morgan fingerprint density at radius 1 is 1.07 bits per heavy atom. The molecule has 0 aliphatic heterocycles. The Morgan fingerprint density at radius 2 is 1.70 bits per heavy atom. The highest BCUT2D eigenvalue weighted by molar-refractivity contribution is 5.95. The molecule has 162 valence electrons. The van der Waals surface area contributed by atoms with E-state index < -0.39 is 18.0 Å². The van der Waals surface area contributed by atoms with Crippen LogP contribution in [0.1, 0.15) is 27.2 Å². The first kappa shape index (κ1) is 23.3. The third kappa shape index (κ3) is 7.15. The molecule has 0 fully saturated rings. The number of hydrogen-bond donors (Lipinski definition) is 2. The number of hydrogen-bond acceptors (Lipinski definition) is 5. The van der Waals surface area contributed by atoms with Gasteiger partial charge in [-0.05, 0) is 49.2 Å². The lowest BCUT2D eigenvalue weighted by molar-refractivity contribution is -0.123. The average Bonchev–Trinajstić information content (AvgIpc) is 2.72. The lowest BCUT2D eigenvalue weighted by atomic mass is 9.97. The molecule has 0 saturated heterocycles. The van der Waals surface area contributed by atoms with Gasteiger partial charge in [0, 0.05) is 25.3 Å². The van der Waals surface area contributed by atoms with Crippen molar-refractivity contribution in [3.05, 3.63) is 60.4 Å². The van der Waals surface area contributed by atoms with E-state index in [1.165, 1.54) is 12.1 Å². The number of likely N-dealkylation sites (N-methyl/N-ethyl adjacent to an activating group) is 1. The molecule has 2 N–H and O–H groups in total. The Kier molecular flexibility index (Phi) is 8.80. The highest BCUT2D eigenvalue weighted by atomic mass is 19.1. The fraction of sp³-hybridized carbons (Fsp3) is 0.391. The van der Waals surface area contributed by atoms with Crippen LogP contribution in [0.5, 0.6) is 5.75 Å². The van der Waals surface area contributed by atoms with Crippen LogP contribution in [0.2, 0.25) is 0 Å². The second-order valence-electron chi connectivity index (χ2n) is 7.48. The Labute approximate surface area is 177 Å². The molecule has 0 aliphatic rings. The molecule has 7 heteroatoms. The third-order valence-electron chi connectivity index (χ3n) is 4.95. The predicted octanol–water partition coefficient (Wildman–Crippen LogP) is 3.97. The normalized spacial score (nSPS) is 13.8. The summed E-state index contributed by atoms with van der Waals surface area (Å²) in [7, 11) is 1.90. The topological polar surface area (TPSA) is 70.7 Å². The highest BCUT2D eigenvalue weighted by Gasteiger charge is 2.27. The molecule has 0 bridgehead atoms. The van der Waals surface area contributed by atoms with Crippen molar-refractivity contribution in [2.45, 2.75) is 39.3 Å². The quantitative estimate of drug-likeness (QED) is 0.649. The van der Waals surface area contributed by atoms with Crippen LogP contribution < -0.4 is 20.3 Å². The van der Waals surface area contributed by atoms with E-state index in [0.29, 0.717) is 12.3 Å². The molecule has 0 radical (unpaired) electrons. The van der Waals surface area contributed by atoms with Crippen molar-refractivity contribution in [3.8, 4) is 5.75 Å².